The van der Waals surface area contributed by atoms with Gasteiger partial charge in [0.1, 0.15) is 5.75 Å². The van der Waals surface area contributed by atoms with Crippen LogP contribution in [0.5, 0.6) is 5.75 Å². The molecule has 1 aromatic rings. The van der Waals surface area contributed by atoms with E-state index < -0.39 is 0 Å². The molecule has 4 heteroatoms. The van der Waals surface area contributed by atoms with Crippen LogP contribution in [0, 0.1) is 11.8 Å². The van der Waals surface area contributed by atoms with Crippen LogP contribution >= 0.6 is 15.9 Å². The van der Waals surface area contributed by atoms with Gasteiger partial charge in [0.25, 0.3) is 0 Å². The summed E-state index contributed by atoms with van der Waals surface area (Å²) in [4.78, 5) is 12.3. The van der Waals surface area contributed by atoms with E-state index in [0.717, 1.165) is 35.2 Å². The molecule has 0 spiro atoms. The first-order valence-electron chi connectivity index (χ1n) is 7.37. The van der Waals surface area contributed by atoms with E-state index in [-0.39, 0.29) is 11.8 Å². The number of ether oxygens (including phenoxy) is 1. The van der Waals surface area contributed by atoms with E-state index >= 15 is 0 Å². The van der Waals surface area contributed by atoms with E-state index in [0.29, 0.717) is 12.5 Å². The molecule has 2 aliphatic rings. The lowest BCUT2D eigenvalue weighted by Gasteiger charge is -2.16. The summed E-state index contributed by atoms with van der Waals surface area (Å²) in [5.74, 6) is 1.87. The first kappa shape index (κ1) is 13.9. The molecule has 0 radical (unpaired) electrons. The van der Waals surface area contributed by atoms with Crippen molar-refractivity contribution < 1.29 is 9.53 Å². The first-order chi connectivity index (χ1) is 9.65. The average molecular weight is 338 g/mol. The minimum Gasteiger partial charge on any atom is -0.493 e. The van der Waals surface area contributed by atoms with Crippen molar-refractivity contribution in [3.8, 4) is 5.75 Å². The second kappa shape index (κ2) is 5.76. The fourth-order valence-corrected chi connectivity index (χ4v) is 3.88. The van der Waals surface area contributed by atoms with Crippen LogP contribution in [0.3, 0.4) is 0 Å². The zero-order valence-electron chi connectivity index (χ0n) is 11.7. The number of hydrogen-bond donors (Lipinski definition) is 1. The van der Waals surface area contributed by atoms with Gasteiger partial charge in [-0.3, -0.25) is 4.79 Å². The van der Waals surface area contributed by atoms with Gasteiger partial charge in [-0.25, -0.2) is 0 Å². The van der Waals surface area contributed by atoms with Gasteiger partial charge in [0.2, 0.25) is 5.91 Å². The van der Waals surface area contributed by atoms with Crippen LogP contribution < -0.4 is 10.1 Å². The summed E-state index contributed by atoms with van der Waals surface area (Å²) in [6, 6.07) is 4.15. The molecule has 1 fully saturated rings. The number of hydrogen-bond acceptors (Lipinski definition) is 2. The van der Waals surface area contributed by atoms with Crippen LogP contribution in [0.25, 0.3) is 0 Å². The molecule has 1 N–H and O–H groups in total. The van der Waals surface area contributed by atoms with Crippen LogP contribution in [0.1, 0.15) is 37.3 Å². The van der Waals surface area contributed by atoms with Crippen molar-refractivity contribution in [1.82, 2.24) is 5.32 Å². The number of carbonyl (C=O) groups is 1. The van der Waals surface area contributed by atoms with Gasteiger partial charge in [-0.05, 0) is 36.5 Å². The number of fused-ring (bicyclic) bond motifs is 1. The van der Waals surface area contributed by atoms with Crippen molar-refractivity contribution in [2.45, 2.75) is 39.2 Å². The molecule has 0 aromatic heterocycles. The summed E-state index contributed by atoms with van der Waals surface area (Å²) in [6.45, 7) is 3.48. The summed E-state index contributed by atoms with van der Waals surface area (Å²) in [7, 11) is 0. The van der Waals surface area contributed by atoms with Crippen LogP contribution in [-0.2, 0) is 17.8 Å². The molecule has 1 aliphatic carbocycles. The van der Waals surface area contributed by atoms with Crippen molar-refractivity contribution in [3.63, 3.8) is 0 Å². The van der Waals surface area contributed by atoms with Gasteiger partial charge in [-0.2, -0.15) is 0 Å². The molecule has 1 saturated carbocycles. The number of nitrogens with one attached hydrogen (secondary N) is 1. The van der Waals surface area contributed by atoms with Crippen molar-refractivity contribution in [3.05, 3.63) is 27.7 Å². The molecule has 108 valence electrons. The number of rotatable bonds is 3. The Kier molecular flexibility index (Phi) is 4.01. The Morgan fingerprint density at radius 1 is 1.45 bits per heavy atom. The Bertz CT molecular complexity index is 529. The maximum Gasteiger partial charge on any atom is 0.223 e. The lowest BCUT2D eigenvalue weighted by atomic mass is 9.97. The van der Waals surface area contributed by atoms with Crippen LogP contribution in [0.4, 0.5) is 0 Å². The van der Waals surface area contributed by atoms with E-state index in [4.69, 9.17) is 4.74 Å². The molecule has 0 bridgehead atoms. The minimum atomic E-state index is 0.191. The second-order valence-corrected chi connectivity index (χ2v) is 6.80. The molecule has 1 amide bonds. The molecule has 1 aromatic carbocycles. The number of benzene rings is 1. The lowest BCUT2D eigenvalue weighted by Crippen LogP contribution is -2.31. The maximum absolute atomic E-state index is 12.3. The predicted octanol–water partition coefficient (Wildman–Crippen LogP) is 3.44. The zero-order valence-corrected chi connectivity index (χ0v) is 13.3. The SMILES string of the molecule is CC1CCCC1C(=O)NCc1cc(Br)cc2c1OCC2. The highest BCUT2D eigenvalue weighted by atomic mass is 79.9. The summed E-state index contributed by atoms with van der Waals surface area (Å²) >= 11 is 3.53. The van der Waals surface area contributed by atoms with Gasteiger partial charge in [-0.15, -0.1) is 0 Å². The number of halogens is 1. The van der Waals surface area contributed by atoms with Gasteiger partial charge in [0.05, 0.1) is 6.61 Å². The molecule has 2 unspecified atom stereocenters. The highest BCUT2D eigenvalue weighted by Crippen LogP contribution is 2.34. The molecule has 3 nitrogen and oxygen atoms in total. The predicted molar refractivity (Wildman–Crippen MR) is 81.7 cm³/mol. The maximum atomic E-state index is 12.3. The summed E-state index contributed by atoms with van der Waals surface area (Å²) < 4.78 is 6.75. The molecule has 1 aliphatic heterocycles. The van der Waals surface area contributed by atoms with E-state index in [1.165, 1.54) is 18.4 Å². The van der Waals surface area contributed by atoms with Crippen LogP contribution in [0.2, 0.25) is 0 Å². The van der Waals surface area contributed by atoms with Gasteiger partial charge in [0, 0.05) is 28.9 Å². The Hall–Kier alpha value is -1.03. The van der Waals surface area contributed by atoms with Crippen molar-refractivity contribution in [1.29, 1.82) is 0 Å². The van der Waals surface area contributed by atoms with Crippen molar-refractivity contribution in [2.24, 2.45) is 11.8 Å². The molecular weight excluding hydrogens is 318 g/mol. The zero-order chi connectivity index (χ0) is 14.1. The molecule has 2 atom stereocenters. The Balaban J connectivity index is 1.68. The Morgan fingerprint density at radius 3 is 3.05 bits per heavy atom. The summed E-state index contributed by atoms with van der Waals surface area (Å²) in [6.07, 6.45) is 4.33. The summed E-state index contributed by atoms with van der Waals surface area (Å²) in [5.41, 5.74) is 2.31. The average Bonchev–Trinajstić information content (AvgIpc) is 3.03. The van der Waals surface area contributed by atoms with Gasteiger partial charge in [0.15, 0.2) is 0 Å². The third-order valence-corrected chi connectivity index (χ3v) is 4.93. The van der Waals surface area contributed by atoms with Crippen LogP contribution in [0.15, 0.2) is 16.6 Å². The molecule has 20 heavy (non-hydrogen) atoms. The largest absolute Gasteiger partial charge is 0.493 e. The second-order valence-electron chi connectivity index (χ2n) is 5.88. The van der Waals surface area contributed by atoms with E-state index in [1.54, 1.807) is 0 Å². The third kappa shape index (κ3) is 2.71. The van der Waals surface area contributed by atoms with Gasteiger partial charge < -0.3 is 10.1 Å². The minimum absolute atomic E-state index is 0.191. The Labute approximate surface area is 128 Å². The highest BCUT2D eigenvalue weighted by Gasteiger charge is 2.29. The van der Waals surface area contributed by atoms with Crippen molar-refractivity contribution in [2.75, 3.05) is 6.61 Å². The summed E-state index contributed by atoms with van der Waals surface area (Å²) in [5, 5.41) is 3.09. The number of amides is 1. The standard InChI is InChI=1S/C16H20BrNO2/c1-10-3-2-4-14(10)16(19)18-9-12-8-13(17)7-11-5-6-20-15(11)12/h7-8,10,14H,2-6,9H2,1H3,(H,18,19). The van der Waals surface area contributed by atoms with Gasteiger partial charge in [-0.1, -0.05) is 29.3 Å². The van der Waals surface area contributed by atoms with Crippen LogP contribution in [-0.4, -0.2) is 12.5 Å². The quantitative estimate of drug-likeness (QED) is 0.917. The third-order valence-electron chi connectivity index (χ3n) is 4.48. The fraction of sp³-hybridized carbons (Fsp3) is 0.562. The molecule has 3 rings (SSSR count). The van der Waals surface area contributed by atoms with Crippen molar-refractivity contribution >= 4 is 21.8 Å². The van der Waals surface area contributed by atoms with Gasteiger partial charge >= 0.3 is 0 Å². The normalized spacial score (nSPS) is 24.3. The highest BCUT2D eigenvalue weighted by molar-refractivity contribution is 9.10. The topological polar surface area (TPSA) is 38.3 Å². The lowest BCUT2D eigenvalue weighted by molar-refractivity contribution is -0.126. The van der Waals surface area contributed by atoms with E-state index in [2.05, 4.69) is 34.2 Å². The molecule has 0 saturated heterocycles. The Morgan fingerprint density at radius 2 is 2.30 bits per heavy atom. The molecular formula is C16H20BrNO2. The molecule has 1 heterocycles. The fourth-order valence-electron chi connectivity index (χ4n) is 3.33. The smallest absolute Gasteiger partial charge is 0.223 e. The monoisotopic (exact) mass is 337 g/mol. The number of carbonyl (C=O) groups excluding carboxylic acids is 1. The first-order valence-corrected chi connectivity index (χ1v) is 8.16. The van der Waals surface area contributed by atoms with E-state index in [9.17, 15) is 4.79 Å². The van der Waals surface area contributed by atoms with E-state index in [1.807, 2.05) is 6.07 Å².